The van der Waals surface area contributed by atoms with Gasteiger partial charge in [-0.25, -0.2) is 17.8 Å². The van der Waals surface area contributed by atoms with Crippen LogP contribution in [-0.2, 0) is 16.4 Å². The van der Waals surface area contributed by atoms with Crippen molar-refractivity contribution in [3.8, 4) is 0 Å². The predicted octanol–water partition coefficient (Wildman–Crippen LogP) is 4.65. The van der Waals surface area contributed by atoms with Gasteiger partial charge in [0.05, 0.1) is 10.7 Å². The zero-order valence-corrected chi connectivity index (χ0v) is 19.7. The molecule has 2 heterocycles. The zero-order valence-electron chi connectivity index (χ0n) is 17.3. The smallest absolute Gasteiger partial charge is 0.244 e. The number of anilines is 1. The number of hydrogen-bond donors (Lipinski definition) is 0. The van der Waals surface area contributed by atoms with Crippen molar-refractivity contribution in [2.24, 2.45) is 0 Å². The second-order valence-electron chi connectivity index (χ2n) is 7.62. The lowest BCUT2D eigenvalue weighted by Gasteiger charge is -2.33. The minimum Gasteiger partial charge on any atom is -0.345 e. The number of aromatic nitrogens is 1. The Morgan fingerprint density at radius 2 is 1.87 bits per heavy atom. The third kappa shape index (κ3) is 4.62. The highest BCUT2D eigenvalue weighted by Gasteiger charge is 2.31. The number of piperazine rings is 1. The molecule has 1 saturated heterocycles. The maximum atomic E-state index is 13.3. The van der Waals surface area contributed by atoms with E-state index < -0.39 is 15.8 Å². The number of rotatable bonds is 5. The van der Waals surface area contributed by atoms with E-state index in [1.165, 1.54) is 27.1 Å². The van der Waals surface area contributed by atoms with E-state index in [4.69, 9.17) is 16.6 Å². The molecule has 2 aromatic carbocycles. The summed E-state index contributed by atoms with van der Waals surface area (Å²) in [6.07, 6.45) is 0.779. The molecule has 5 nitrogen and oxygen atoms in total. The summed E-state index contributed by atoms with van der Waals surface area (Å²) in [5.74, 6) is -0.561. The molecule has 0 saturated carbocycles. The first-order chi connectivity index (χ1) is 14.8. The fraction of sp³-hybridized carbons (Fsp3) is 0.318. The van der Waals surface area contributed by atoms with Gasteiger partial charge in [0, 0.05) is 38.0 Å². The second kappa shape index (κ2) is 8.86. The molecule has 0 aliphatic carbocycles. The number of nitrogens with zero attached hydrogens (tertiary/aromatic N) is 3. The summed E-state index contributed by atoms with van der Waals surface area (Å²) < 4.78 is 40.5. The molecule has 3 aromatic rings. The van der Waals surface area contributed by atoms with Gasteiger partial charge in [-0.1, -0.05) is 29.8 Å². The summed E-state index contributed by atoms with van der Waals surface area (Å²) in [4.78, 5) is 6.83. The van der Waals surface area contributed by atoms with Gasteiger partial charge in [-0.3, -0.25) is 0 Å². The Morgan fingerprint density at radius 1 is 1.13 bits per heavy atom. The molecule has 0 atom stereocenters. The van der Waals surface area contributed by atoms with Crippen LogP contribution in [0.15, 0.2) is 46.7 Å². The monoisotopic (exact) mass is 479 g/mol. The summed E-state index contributed by atoms with van der Waals surface area (Å²) in [5, 5.41) is 2.87. The number of thiazole rings is 1. The Labute approximate surface area is 191 Å². The van der Waals surface area contributed by atoms with Gasteiger partial charge in [0.2, 0.25) is 10.0 Å². The van der Waals surface area contributed by atoms with Crippen molar-refractivity contribution < 1.29 is 12.8 Å². The van der Waals surface area contributed by atoms with Gasteiger partial charge in [0.25, 0.3) is 0 Å². The molecule has 0 unspecified atom stereocenters. The van der Waals surface area contributed by atoms with Gasteiger partial charge in [-0.15, -0.1) is 11.3 Å². The van der Waals surface area contributed by atoms with E-state index in [1.807, 2.05) is 0 Å². The number of aryl methyl sites for hydroxylation is 1. The molecule has 31 heavy (non-hydrogen) atoms. The maximum Gasteiger partial charge on any atom is 0.244 e. The van der Waals surface area contributed by atoms with E-state index in [1.54, 1.807) is 11.3 Å². The lowest BCUT2D eigenvalue weighted by molar-refractivity contribution is 0.384. The van der Waals surface area contributed by atoms with Crippen molar-refractivity contribution >= 4 is 38.1 Å². The summed E-state index contributed by atoms with van der Waals surface area (Å²) in [5.41, 5.74) is 4.84. The fourth-order valence-electron chi connectivity index (χ4n) is 3.66. The quantitative estimate of drug-likeness (QED) is 0.534. The van der Waals surface area contributed by atoms with Crippen molar-refractivity contribution in [2.45, 2.75) is 25.2 Å². The summed E-state index contributed by atoms with van der Waals surface area (Å²) in [6.45, 7) is 5.95. The SMILES string of the molecule is Cc1cccc(Cc2csc(N3CCN(S(=O)(=O)c4ccc(F)cc4Cl)CC3)n2)c1C. The first-order valence-corrected chi connectivity index (χ1v) is 12.6. The normalized spacial score (nSPS) is 15.4. The van der Waals surface area contributed by atoms with E-state index in [9.17, 15) is 12.8 Å². The Balaban J connectivity index is 1.43. The van der Waals surface area contributed by atoms with Crippen LogP contribution in [0.4, 0.5) is 9.52 Å². The van der Waals surface area contributed by atoms with Crippen LogP contribution in [0.5, 0.6) is 0 Å². The Kier molecular flexibility index (Phi) is 6.35. The fourth-order valence-corrected chi connectivity index (χ4v) is 6.47. The summed E-state index contributed by atoms with van der Waals surface area (Å²) >= 11 is 7.56. The lowest BCUT2D eigenvalue weighted by Crippen LogP contribution is -2.48. The molecular weight excluding hydrogens is 457 g/mol. The molecule has 1 fully saturated rings. The van der Waals surface area contributed by atoms with Crippen LogP contribution in [-0.4, -0.2) is 43.9 Å². The van der Waals surface area contributed by atoms with Crippen LogP contribution in [0, 0.1) is 19.7 Å². The molecule has 0 spiro atoms. The largest absolute Gasteiger partial charge is 0.345 e. The van der Waals surface area contributed by atoms with Crippen molar-refractivity contribution in [2.75, 3.05) is 31.1 Å². The highest BCUT2D eigenvalue weighted by Crippen LogP contribution is 2.28. The Hall–Kier alpha value is -2.00. The van der Waals surface area contributed by atoms with Gasteiger partial charge >= 0.3 is 0 Å². The van der Waals surface area contributed by atoms with E-state index in [0.29, 0.717) is 26.2 Å². The van der Waals surface area contributed by atoms with E-state index >= 15 is 0 Å². The zero-order chi connectivity index (χ0) is 22.2. The topological polar surface area (TPSA) is 53.5 Å². The second-order valence-corrected chi connectivity index (χ2v) is 10.8. The molecular formula is C22H23ClFN3O2S2. The number of halogens is 2. The minimum atomic E-state index is -3.77. The van der Waals surface area contributed by atoms with Crippen molar-refractivity contribution in [1.29, 1.82) is 0 Å². The Bertz CT molecular complexity index is 1210. The van der Waals surface area contributed by atoms with Gasteiger partial charge < -0.3 is 4.90 Å². The molecule has 9 heteroatoms. The van der Waals surface area contributed by atoms with Crippen LogP contribution in [0.2, 0.25) is 5.02 Å². The number of benzene rings is 2. The van der Waals surface area contributed by atoms with Crippen LogP contribution in [0.25, 0.3) is 0 Å². The lowest BCUT2D eigenvalue weighted by atomic mass is 10.0. The summed E-state index contributed by atoms with van der Waals surface area (Å²) in [7, 11) is -3.77. The van der Waals surface area contributed by atoms with Crippen LogP contribution >= 0.6 is 22.9 Å². The molecule has 0 radical (unpaired) electrons. The van der Waals surface area contributed by atoms with Gasteiger partial charge in [0.1, 0.15) is 10.7 Å². The van der Waals surface area contributed by atoms with Crippen molar-refractivity contribution in [3.05, 3.63) is 75.0 Å². The highest BCUT2D eigenvalue weighted by atomic mass is 35.5. The van der Waals surface area contributed by atoms with E-state index in [-0.39, 0.29) is 9.92 Å². The molecule has 0 bridgehead atoms. The van der Waals surface area contributed by atoms with Crippen LogP contribution in [0.1, 0.15) is 22.4 Å². The molecule has 4 rings (SSSR count). The average Bonchev–Trinajstić information content (AvgIpc) is 3.20. The van der Waals surface area contributed by atoms with Gasteiger partial charge in [0.15, 0.2) is 5.13 Å². The molecule has 1 aliphatic heterocycles. The van der Waals surface area contributed by atoms with Crippen molar-refractivity contribution in [3.63, 3.8) is 0 Å². The van der Waals surface area contributed by atoms with Gasteiger partial charge in [-0.2, -0.15) is 4.31 Å². The minimum absolute atomic E-state index is 0.0610. The third-order valence-electron chi connectivity index (χ3n) is 5.65. The van der Waals surface area contributed by atoms with Gasteiger partial charge in [-0.05, 0) is 48.7 Å². The number of hydrogen-bond acceptors (Lipinski definition) is 5. The average molecular weight is 480 g/mol. The molecule has 0 N–H and O–H groups in total. The number of sulfonamides is 1. The van der Waals surface area contributed by atoms with Crippen LogP contribution < -0.4 is 4.90 Å². The third-order valence-corrected chi connectivity index (χ3v) is 8.98. The van der Waals surface area contributed by atoms with Crippen LogP contribution in [0.3, 0.4) is 0 Å². The molecule has 1 aliphatic rings. The molecule has 1 aromatic heterocycles. The molecule has 164 valence electrons. The Morgan fingerprint density at radius 3 is 2.58 bits per heavy atom. The highest BCUT2D eigenvalue weighted by molar-refractivity contribution is 7.89. The first-order valence-electron chi connectivity index (χ1n) is 9.95. The standard InChI is InChI=1S/C22H23ClFN3O2S2/c1-15-4-3-5-17(16(15)2)12-19-14-30-22(25-19)26-8-10-27(11-9-26)31(28,29)21-7-6-18(24)13-20(21)23/h3-7,13-14H,8-12H2,1-2H3. The van der Waals surface area contributed by atoms with Crippen molar-refractivity contribution in [1.82, 2.24) is 9.29 Å². The van der Waals surface area contributed by atoms with E-state index in [0.717, 1.165) is 29.4 Å². The molecule has 0 amide bonds. The predicted molar refractivity (Wildman–Crippen MR) is 123 cm³/mol. The maximum absolute atomic E-state index is 13.3. The van der Waals surface area contributed by atoms with E-state index in [2.05, 4.69) is 42.3 Å². The summed E-state index contributed by atoms with van der Waals surface area (Å²) in [6, 6.07) is 9.67. The first kappa shape index (κ1) is 22.2.